The second kappa shape index (κ2) is 6.19. The number of carbonyl (C=O) groups is 1. The van der Waals surface area contributed by atoms with E-state index in [9.17, 15) is 9.90 Å². The molecule has 20 heavy (non-hydrogen) atoms. The standard InChI is InChI=1S/C12H10Br2N4O2/c1-18-11(9(14)6-16-18)12(20)17-15-5-7-4-8(13)2-3-10(7)19/h2-6,19H,1H3,(H,17,20)/b15-5-. The van der Waals surface area contributed by atoms with E-state index in [0.29, 0.717) is 15.7 Å². The Kier molecular flexibility index (Phi) is 4.56. The molecule has 0 spiro atoms. The number of aromatic nitrogens is 2. The topological polar surface area (TPSA) is 79.5 Å². The molecule has 0 unspecified atom stereocenters. The Bertz CT molecular complexity index is 663. The second-order valence-corrected chi connectivity index (χ2v) is 5.64. The molecule has 0 saturated carbocycles. The molecule has 1 aromatic carbocycles. The summed E-state index contributed by atoms with van der Waals surface area (Å²) in [7, 11) is 1.66. The lowest BCUT2D eigenvalue weighted by Crippen LogP contribution is -2.21. The van der Waals surface area contributed by atoms with E-state index >= 15 is 0 Å². The van der Waals surface area contributed by atoms with Crippen molar-refractivity contribution in [2.24, 2.45) is 12.1 Å². The minimum absolute atomic E-state index is 0.0768. The summed E-state index contributed by atoms with van der Waals surface area (Å²) in [6.45, 7) is 0. The number of phenolic OH excluding ortho intramolecular Hbond substituents is 1. The first-order chi connectivity index (χ1) is 9.49. The molecule has 0 aliphatic heterocycles. The fourth-order valence-electron chi connectivity index (χ4n) is 1.51. The first-order valence-electron chi connectivity index (χ1n) is 5.48. The van der Waals surface area contributed by atoms with Crippen molar-refractivity contribution in [1.29, 1.82) is 0 Å². The Hall–Kier alpha value is -1.67. The average Bonchev–Trinajstić information content (AvgIpc) is 2.73. The highest BCUT2D eigenvalue weighted by molar-refractivity contribution is 9.10. The molecular formula is C12H10Br2N4O2. The van der Waals surface area contributed by atoms with Crippen LogP contribution in [0.5, 0.6) is 5.75 Å². The van der Waals surface area contributed by atoms with E-state index in [0.717, 1.165) is 4.47 Å². The fraction of sp³-hybridized carbons (Fsp3) is 0.0833. The summed E-state index contributed by atoms with van der Waals surface area (Å²) in [5, 5.41) is 17.4. The first kappa shape index (κ1) is 14.7. The molecule has 1 amide bonds. The van der Waals surface area contributed by atoms with Crippen molar-refractivity contribution in [2.45, 2.75) is 0 Å². The minimum atomic E-state index is -0.400. The van der Waals surface area contributed by atoms with Crippen LogP contribution < -0.4 is 5.43 Å². The highest BCUT2D eigenvalue weighted by Gasteiger charge is 2.14. The van der Waals surface area contributed by atoms with Crippen molar-refractivity contribution in [3.63, 3.8) is 0 Å². The third-order valence-corrected chi connectivity index (χ3v) is 3.54. The van der Waals surface area contributed by atoms with E-state index in [1.807, 2.05) is 0 Å². The molecule has 2 N–H and O–H groups in total. The Labute approximate surface area is 131 Å². The van der Waals surface area contributed by atoms with Crippen LogP contribution in [-0.4, -0.2) is 27.0 Å². The second-order valence-electron chi connectivity index (χ2n) is 3.87. The van der Waals surface area contributed by atoms with Crippen LogP contribution in [0, 0.1) is 0 Å². The van der Waals surface area contributed by atoms with Gasteiger partial charge in [-0.05, 0) is 34.1 Å². The van der Waals surface area contributed by atoms with Crippen LogP contribution in [0.4, 0.5) is 0 Å². The van der Waals surface area contributed by atoms with E-state index in [-0.39, 0.29) is 5.75 Å². The quantitative estimate of drug-likeness (QED) is 0.612. The number of hydrogen-bond acceptors (Lipinski definition) is 4. The Morgan fingerprint density at radius 3 is 2.90 bits per heavy atom. The van der Waals surface area contributed by atoms with Crippen molar-refractivity contribution < 1.29 is 9.90 Å². The maximum atomic E-state index is 11.9. The Morgan fingerprint density at radius 2 is 2.25 bits per heavy atom. The van der Waals surface area contributed by atoms with Crippen LogP contribution in [0.15, 0.2) is 38.4 Å². The molecule has 2 rings (SSSR count). The molecule has 1 aromatic heterocycles. The van der Waals surface area contributed by atoms with Crippen molar-refractivity contribution in [3.05, 3.63) is 44.6 Å². The fourth-order valence-corrected chi connectivity index (χ4v) is 2.42. The summed E-state index contributed by atoms with van der Waals surface area (Å²) in [5.41, 5.74) is 3.23. The number of aromatic hydroxyl groups is 1. The van der Waals surface area contributed by atoms with Gasteiger partial charge in [0.1, 0.15) is 11.4 Å². The van der Waals surface area contributed by atoms with Crippen LogP contribution in [0.2, 0.25) is 0 Å². The average molecular weight is 402 g/mol. The largest absolute Gasteiger partial charge is 0.507 e. The number of rotatable bonds is 3. The number of amides is 1. The number of benzene rings is 1. The van der Waals surface area contributed by atoms with Crippen molar-refractivity contribution in [3.8, 4) is 5.75 Å². The summed E-state index contributed by atoms with van der Waals surface area (Å²) in [5.74, 6) is -0.324. The van der Waals surface area contributed by atoms with Crippen LogP contribution in [0.1, 0.15) is 16.1 Å². The molecule has 8 heteroatoms. The van der Waals surface area contributed by atoms with Crippen LogP contribution in [0.3, 0.4) is 0 Å². The van der Waals surface area contributed by atoms with E-state index in [4.69, 9.17) is 0 Å². The van der Waals surface area contributed by atoms with Gasteiger partial charge in [-0.3, -0.25) is 9.48 Å². The lowest BCUT2D eigenvalue weighted by molar-refractivity contribution is 0.0945. The number of nitrogens with one attached hydrogen (secondary N) is 1. The zero-order valence-corrected chi connectivity index (χ0v) is 13.5. The van der Waals surface area contributed by atoms with Gasteiger partial charge in [-0.2, -0.15) is 10.2 Å². The number of hydrazone groups is 1. The molecular weight excluding hydrogens is 392 g/mol. The minimum Gasteiger partial charge on any atom is -0.507 e. The zero-order valence-electron chi connectivity index (χ0n) is 10.3. The van der Waals surface area contributed by atoms with Gasteiger partial charge in [0, 0.05) is 17.1 Å². The highest BCUT2D eigenvalue weighted by Crippen LogP contribution is 2.20. The number of nitrogens with zero attached hydrogens (tertiary/aromatic N) is 3. The zero-order chi connectivity index (χ0) is 14.7. The molecule has 0 radical (unpaired) electrons. The Balaban J connectivity index is 2.10. The predicted molar refractivity (Wildman–Crippen MR) is 81.8 cm³/mol. The van der Waals surface area contributed by atoms with E-state index < -0.39 is 5.91 Å². The maximum Gasteiger partial charge on any atom is 0.290 e. The lowest BCUT2D eigenvalue weighted by Gasteiger charge is -2.02. The number of phenols is 1. The van der Waals surface area contributed by atoms with E-state index in [1.165, 1.54) is 23.2 Å². The van der Waals surface area contributed by atoms with E-state index in [2.05, 4.69) is 47.5 Å². The number of carbonyl (C=O) groups excluding carboxylic acids is 1. The SMILES string of the molecule is Cn1ncc(Br)c1C(=O)N/N=C\c1cc(Br)ccc1O. The highest BCUT2D eigenvalue weighted by atomic mass is 79.9. The molecule has 6 nitrogen and oxygen atoms in total. The summed E-state index contributed by atoms with van der Waals surface area (Å²) in [6.07, 6.45) is 2.89. The van der Waals surface area contributed by atoms with Crippen LogP contribution in [0.25, 0.3) is 0 Å². The summed E-state index contributed by atoms with van der Waals surface area (Å²) >= 11 is 6.52. The normalized spacial score (nSPS) is 10.9. The molecule has 0 fully saturated rings. The molecule has 1 heterocycles. The van der Waals surface area contributed by atoms with Gasteiger partial charge in [-0.1, -0.05) is 15.9 Å². The van der Waals surface area contributed by atoms with Gasteiger partial charge in [-0.15, -0.1) is 0 Å². The van der Waals surface area contributed by atoms with Gasteiger partial charge in [0.05, 0.1) is 16.9 Å². The number of aryl methyl sites for hydroxylation is 1. The lowest BCUT2D eigenvalue weighted by atomic mass is 10.2. The molecule has 104 valence electrons. The first-order valence-corrected chi connectivity index (χ1v) is 7.07. The van der Waals surface area contributed by atoms with Gasteiger partial charge in [0.15, 0.2) is 0 Å². The molecule has 0 saturated heterocycles. The Morgan fingerprint density at radius 1 is 1.50 bits per heavy atom. The van der Waals surface area contributed by atoms with Gasteiger partial charge in [-0.25, -0.2) is 5.43 Å². The molecule has 0 aliphatic rings. The van der Waals surface area contributed by atoms with Crippen molar-refractivity contribution >= 4 is 44.0 Å². The molecule has 0 aliphatic carbocycles. The summed E-state index contributed by atoms with van der Waals surface area (Å²) in [4.78, 5) is 11.9. The summed E-state index contributed by atoms with van der Waals surface area (Å²) in [6, 6.07) is 4.92. The smallest absolute Gasteiger partial charge is 0.290 e. The van der Waals surface area contributed by atoms with E-state index in [1.54, 1.807) is 19.2 Å². The van der Waals surface area contributed by atoms with Crippen molar-refractivity contribution in [2.75, 3.05) is 0 Å². The molecule has 2 aromatic rings. The number of hydrogen-bond donors (Lipinski definition) is 2. The predicted octanol–water partition coefficient (Wildman–Crippen LogP) is 2.41. The van der Waals surface area contributed by atoms with Gasteiger partial charge in [0.25, 0.3) is 5.91 Å². The van der Waals surface area contributed by atoms with Crippen molar-refractivity contribution in [1.82, 2.24) is 15.2 Å². The molecule has 0 bridgehead atoms. The van der Waals surface area contributed by atoms with Crippen LogP contribution >= 0.6 is 31.9 Å². The van der Waals surface area contributed by atoms with Crippen LogP contribution in [-0.2, 0) is 7.05 Å². The van der Waals surface area contributed by atoms with Gasteiger partial charge < -0.3 is 5.11 Å². The monoisotopic (exact) mass is 400 g/mol. The third-order valence-electron chi connectivity index (χ3n) is 2.47. The number of halogens is 2. The molecule has 0 atom stereocenters. The van der Waals surface area contributed by atoms with Gasteiger partial charge in [0.2, 0.25) is 0 Å². The van der Waals surface area contributed by atoms with Gasteiger partial charge >= 0.3 is 0 Å². The summed E-state index contributed by atoms with van der Waals surface area (Å²) < 4.78 is 2.82. The third kappa shape index (κ3) is 3.26. The maximum absolute atomic E-state index is 11.9.